The summed E-state index contributed by atoms with van der Waals surface area (Å²) in [5, 5.41) is 3.33. The Kier molecular flexibility index (Phi) is 5.67. The van der Waals surface area contributed by atoms with Crippen LogP contribution in [0.4, 0.5) is 0 Å². The molecule has 0 spiro atoms. The van der Waals surface area contributed by atoms with Gasteiger partial charge < -0.3 is 15.8 Å². The number of carbonyl (C=O) groups is 1. The molecule has 2 fully saturated rings. The van der Waals surface area contributed by atoms with Crippen LogP contribution in [0.2, 0.25) is 0 Å². The molecule has 0 aromatic heterocycles. The molecule has 0 radical (unpaired) electrons. The van der Waals surface area contributed by atoms with Crippen molar-refractivity contribution in [3.8, 4) is 0 Å². The van der Waals surface area contributed by atoms with E-state index in [2.05, 4.69) is 19.2 Å². The number of hydrogen-bond donors (Lipinski definition) is 2. The molecule has 2 unspecified atom stereocenters. The molecule has 2 rings (SSSR count). The summed E-state index contributed by atoms with van der Waals surface area (Å²) in [5.74, 6) is 0.743. The lowest BCUT2D eigenvalue weighted by atomic mass is 9.58. The summed E-state index contributed by atoms with van der Waals surface area (Å²) < 4.78 is 5.88. The van der Waals surface area contributed by atoms with Gasteiger partial charge in [0.15, 0.2) is 0 Å². The summed E-state index contributed by atoms with van der Waals surface area (Å²) in [6.07, 6.45) is 6.62. The van der Waals surface area contributed by atoms with Gasteiger partial charge in [-0.2, -0.15) is 0 Å². The maximum absolute atomic E-state index is 12.6. The third-order valence-corrected chi connectivity index (χ3v) is 6.08. The van der Waals surface area contributed by atoms with E-state index in [1.165, 1.54) is 0 Å². The molecule has 2 aliphatic rings. The molecule has 0 aromatic rings. The Morgan fingerprint density at radius 1 is 1.29 bits per heavy atom. The fourth-order valence-corrected chi connectivity index (χ4v) is 4.53. The second-order valence-corrected chi connectivity index (χ2v) is 6.71. The smallest absolute Gasteiger partial charge is 0.223 e. The van der Waals surface area contributed by atoms with Crippen molar-refractivity contribution < 1.29 is 9.53 Å². The fourth-order valence-electron chi connectivity index (χ4n) is 4.53. The molecule has 122 valence electrons. The molecule has 0 bridgehead atoms. The van der Waals surface area contributed by atoms with Crippen molar-refractivity contribution in [2.45, 2.75) is 71.4 Å². The number of hydrogen-bond acceptors (Lipinski definition) is 3. The summed E-state index contributed by atoms with van der Waals surface area (Å²) in [4.78, 5) is 12.6. The highest BCUT2D eigenvalue weighted by atomic mass is 16.5. The molecule has 2 saturated carbocycles. The number of nitrogens with one attached hydrogen (secondary N) is 1. The minimum Gasteiger partial charge on any atom is -0.378 e. The molecule has 4 nitrogen and oxygen atoms in total. The van der Waals surface area contributed by atoms with Gasteiger partial charge in [-0.1, -0.05) is 20.3 Å². The van der Waals surface area contributed by atoms with Gasteiger partial charge in [-0.25, -0.2) is 0 Å². The minimum atomic E-state index is 0.127. The summed E-state index contributed by atoms with van der Waals surface area (Å²) in [7, 11) is 0. The average Bonchev–Trinajstić information content (AvgIpc) is 2.96. The number of carbonyl (C=O) groups excluding carboxylic acids is 1. The zero-order valence-electron chi connectivity index (χ0n) is 13.9. The molecular weight excluding hydrogens is 264 g/mol. The first-order chi connectivity index (χ1) is 10.1. The van der Waals surface area contributed by atoms with E-state index in [4.69, 9.17) is 10.5 Å². The van der Waals surface area contributed by atoms with Gasteiger partial charge in [-0.3, -0.25) is 4.79 Å². The number of nitrogens with two attached hydrogens (primary N) is 1. The van der Waals surface area contributed by atoms with Crippen LogP contribution in [0.25, 0.3) is 0 Å². The van der Waals surface area contributed by atoms with E-state index in [0.29, 0.717) is 18.6 Å². The molecule has 0 aliphatic heterocycles. The predicted octanol–water partition coefficient (Wildman–Crippen LogP) is 2.46. The third-order valence-electron chi connectivity index (χ3n) is 6.08. The van der Waals surface area contributed by atoms with E-state index in [1.54, 1.807) is 0 Å². The highest BCUT2D eigenvalue weighted by molar-refractivity contribution is 5.79. The Morgan fingerprint density at radius 2 is 2.00 bits per heavy atom. The van der Waals surface area contributed by atoms with Gasteiger partial charge in [0, 0.05) is 24.0 Å². The van der Waals surface area contributed by atoms with E-state index >= 15 is 0 Å². The first kappa shape index (κ1) is 16.8. The molecule has 2 aliphatic carbocycles. The Balaban J connectivity index is 1.97. The molecule has 0 heterocycles. The van der Waals surface area contributed by atoms with Gasteiger partial charge in [0.1, 0.15) is 0 Å². The number of amides is 1. The molecule has 1 amide bonds. The van der Waals surface area contributed by atoms with E-state index in [0.717, 1.165) is 45.1 Å². The van der Waals surface area contributed by atoms with Gasteiger partial charge in [0.05, 0.1) is 6.10 Å². The Bertz CT molecular complexity index is 355. The van der Waals surface area contributed by atoms with Gasteiger partial charge in [0.25, 0.3) is 0 Å². The zero-order valence-corrected chi connectivity index (χ0v) is 13.9. The third kappa shape index (κ3) is 2.98. The first-order valence-electron chi connectivity index (χ1n) is 8.74. The fraction of sp³-hybridized carbons (Fsp3) is 0.941. The van der Waals surface area contributed by atoms with Crippen LogP contribution in [0.1, 0.15) is 59.3 Å². The molecule has 3 N–H and O–H groups in total. The minimum absolute atomic E-state index is 0.127. The molecular formula is C17H32N2O2. The second-order valence-electron chi connectivity index (χ2n) is 6.71. The van der Waals surface area contributed by atoms with Crippen molar-refractivity contribution in [1.29, 1.82) is 0 Å². The molecule has 0 aromatic carbocycles. The summed E-state index contributed by atoms with van der Waals surface area (Å²) in [5.41, 5.74) is 5.93. The van der Waals surface area contributed by atoms with Gasteiger partial charge >= 0.3 is 0 Å². The van der Waals surface area contributed by atoms with Crippen LogP contribution in [0.15, 0.2) is 0 Å². The van der Waals surface area contributed by atoms with Crippen molar-refractivity contribution in [1.82, 2.24) is 5.32 Å². The Morgan fingerprint density at radius 3 is 2.57 bits per heavy atom. The quantitative estimate of drug-likeness (QED) is 0.758. The topological polar surface area (TPSA) is 64.3 Å². The van der Waals surface area contributed by atoms with E-state index < -0.39 is 0 Å². The average molecular weight is 296 g/mol. The van der Waals surface area contributed by atoms with E-state index in [9.17, 15) is 4.79 Å². The van der Waals surface area contributed by atoms with Crippen LogP contribution in [0.5, 0.6) is 0 Å². The highest BCUT2D eigenvalue weighted by Crippen LogP contribution is 2.49. The zero-order chi connectivity index (χ0) is 15.5. The SMILES string of the molecule is CCOC1CC(NC(=O)[C@@H]2CCC[C@@H]2CN)C1(CC)CC. The molecule has 0 saturated heterocycles. The van der Waals surface area contributed by atoms with Gasteiger partial charge in [-0.05, 0) is 51.5 Å². The van der Waals surface area contributed by atoms with Crippen molar-refractivity contribution in [3.63, 3.8) is 0 Å². The lowest BCUT2D eigenvalue weighted by Gasteiger charge is -2.55. The lowest BCUT2D eigenvalue weighted by Crippen LogP contribution is -2.65. The standard InChI is InChI=1S/C17H32N2O2/c1-4-17(5-2)14(10-15(17)21-6-3)19-16(20)13-9-7-8-12(13)11-18/h12-15H,4-11,18H2,1-3H3,(H,19,20)/t12-,13-,14?,15?/m1/s1. The van der Waals surface area contributed by atoms with E-state index in [-0.39, 0.29) is 23.3 Å². The van der Waals surface area contributed by atoms with Crippen LogP contribution in [0.3, 0.4) is 0 Å². The van der Waals surface area contributed by atoms with E-state index in [1.807, 2.05) is 6.92 Å². The number of ether oxygens (including phenoxy) is 1. The first-order valence-corrected chi connectivity index (χ1v) is 8.74. The van der Waals surface area contributed by atoms with Crippen molar-refractivity contribution >= 4 is 5.91 Å². The predicted molar refractivity (Wildman–Crippen MR) is 84.9 cm³/mol. The number of rotatable bonds is 7. The van der Waals surface area contributed by atoms with Crippen molar-refractivity contribution in [3.05, 3.63) is 0 Å². The second kappa shape index (κ2) is 7.10. The maximum atomic E-state index is 12.6. The summed E-state index contributed by atoms with van der Waals surface area (Å²) >= 11 is 0. The Hall–Kier alpha value is -0.610. The molecule has 4 heteroatoms. The van der Waals surface area contributed by atoms with Crippen molar-refractivity contribution in [2.75, 3.05) is 13.2 Å². The van der Waals surface area contributed by atoms with Gasteiger partial charge in [0.2, 0.25) is 5.91 Å². The highest BCUT2D eigenvalue weighted by Gasteiger charge is 2.54. The Labute approximate surface area is 129 Å². The summed E-state index contributed by atoms with van der Waals surface area (Å²) in [6.45, 7) is 7.87. The van der Waals surface area contributed by atoms with Gasteiger partial charge in [-0.15, -0.1) is 0 Å². The molecule has 21 heavy (non-hydrogen) atoms. The van der Waals surface area contributed by atoms with Crippen LogP contribution in [-0.4, -0.2) is 31.2 Å². The molecule has 4 atom stereocenters. The monoisotopic (exact) mass is 296 g/mol. The van der Waals surface area contributed by atoms with Crippen LogP contribution in [-0.2, 0) is 9.53 Å². The van der Waals surface area contributed by atoms with Crippen LogP contribution < -0.4 is 11.1 Å². The largest absolute Gasteiger partial charge is 0.378 e. The van der Waals surface area contributed by atoms with Crippen LogP contribution >= 0.6 is 0 Å². The maximum Gasteiger partial charge on any atom is 0.223 e. The normalized spacial score (nSPS) is 34.5. The van der Waals surface area contributed by atoms with Crippen LogP contribution in [0, 0.1) is 17.3 Å². The summed E-state index contributed by atoms with van der Waals surface area (Å²) in [6, 6.07) is 0.274. The van der Waals surface area contributed by atoms with Crippen molar-refractivity contribution in [2.24, 2.45) is 23.0 Å². The lowest BCUT2D eigenvalue weighted by molar-refractivity contribution is -0.151.